The number of nitrogens with one attached hydrogen (secondary N) is 1. The first kappa shape index (κ1) is 13.2. The summed E-state index contributed by atoms with van der Waals surface area (Å²) in [6, 6.07) is 8.80. The molecular weight excluding hydrogens is 248 g/mol. The monoisotopic (exact) mass is 270 g/mol. The van der Waals surface area contributed by atoms with Crippen molar-refractivity contribution in [3.63, 3.8) is 0 Å². The van der Waals surface area contributed by atoms with E-state index >= 15 is 0 Å². The number of nitrogens with zero attached hydrogens (tertiary/aromatic N) is 3. The lowest BCUT2D eigenvalue weighted by molar-refractivity contribution is 0.260. The van der Waals surface area contributed by atoms with Crippen molar-refractivity contribution in [3.8, 4) is 0 Å². The zero-order valence-corrected chi connectivity index (χ0v) is 12.0. The number of piperazine rings is 1. The van der Waals surface area contributed by atoms with Gasteiger partial charge in [0, 0.05) is 56.7 Å². The van der Waals surface area contributed by atoms with Crippen molar-refractivity contribution < 1.29 is 0 Å². The predicted octanol–water partition coefficient (Wildman–Crippen LogP) is 2.08. The average molecular weight is 270 g/mol. The lowest BCUT2D eigenvalue weighted by atomic mass is 10.2. The third-order valence-corrected chi connectivity index (χ3v) is 3.99. The van der Waals surface area contributed by atoms with Crippen LogP contribution in [0.4, 0.5) is 5.69 Å². The van der Waals surface area contributed by atoms with Gasteiger partial charge in [0.05, 0.1) is 6.33 Å². The van der Waals surface area contributed by atoms with E-state index in [1.165, 1.54) is 16.9 Å². The minimum Gasteiger partial charge on any atom is -0.369 e. The fraction of sp³-hybridized carbons (Fsp3) is 0.438. The summed E-state index contributed by atoms with van der Waals surface area (Å²) < 4.78 is 0. The molecule has 1 aliphatic heterocycles. The van der Waals surface area contributed by atoms with Crippen LogP contribution in [0.5, 0.6) is 0 Å². The Hall–Kier alpha value is -1.81. The standard InChI is InChI=1S/C16H22N4/c1-14-3-2-4-16(11-14)20-9-7-19(8-10-20)6-5-15-12-17-13-18-15/h2-4,11-13H,5-10H2,1H3,(H,17,18). The number of imidazole rings is 1. The number of aromatic nitrogens is 2. The van der Waals surface area contributed by atoms with Crippen LogP contribution in [0.2, 0.25) is 0 Å². The fourth-order valence-corrected chi connectivity index (χ4v) is 2.75. The third-order valence-electron chi connectivity index (χ3n) is 3.99. The van der Waals surface area contributed by atoms with Gasteiger partial charge in [-0.05, 0) is 24.6 Å². The van der Waals surface area contributed by atoms with Crippen molar-refractivity contribution in [2.45, 2.75) is 13.3 Å². The van der Waals surface area contributed by atoms with Crippen LogP contribution < -0.4 is 4.90 Å². The predicted molar refractivity (Wildman–Crippen MR) is 82.1 cm³/mol. The van der Waals surface area contributed by atoms with Crippen molar-refractivity contribution in [3.05, 3.63) is 48.0 Å². The Bertz CT molecular complexity index is 527. The summed E-state index contributed by atoms with van der Waals surface area (Å²) in [6.07, 6.45) is 4.73. The van der Waals surface area contributed by atoms with Crippen molar-refractivity contribution >= 4 is 5.69 Å². The molecule has 0 unspecified atom stereocenters. The van der Waals surface area contributed by atoms with E-state index in [-0.39, 0.29) is 0 Å². The SMILES string of the molecule is Cc1cccc(N2CCN(CCc3cnc[nH]3)CC2)c1. The molecule has 106 valence electrons. The molecule has 0 radical (unpaired) electrons. The first-order chi connectivity index (χ1) is 9.81. The Morgan fingerprint density at radius 1 is 1.20 bits per heavy atom. The Morgan fingerprint density at radius 2 is 2.05 bits per heavy atom. The van der Waals surface area contributed by atoms with Crippen LogP contribution in [0.3, 0.4) is 0 Å². The van der Waals surface area contributed by atoms with Gasteiger partial charge < -0.3 is 9.88 Å². The molecule has 1 saturated heterocycles. The van der Waals surface area contributed by atoms with E-state index in [1.54, 1.807) is 6.33 Å². The highest BCUT2D eigenvalue weighted by atomic mass is 15.3. The zero-order chi connectivity index (χ0) is 13.8. The molecule has 4 heteroatoms. The Morgan fingerprint density at radius 3 is 2.75 bits per heavy atom. The number of hydrogen-bond acceptors (Lipinski definition) is 3. The Balaban J connectivity index is 1.49. The number of rotatable bonds is 4. The lowest BCUT2D eigenvalue weighted by Gasteiger charge is -2.36. The summed E-state index contributed by atoms with van der Waals surface area (Å²) in [4.78, 5) is 12.3. The molecule has 1 aromatic carbocycles. The number of H-pyrrole nitrogens is 1. The molecule has 2 heterocycles. The van der Waals surface area contributed by atoms with E-state index in [4.69, 9.17) is 0 Å². The van der Waals surface area contributed by atoms with Crippen molar-refractivity contribution in [1.82, 2.24) is 14.9 Å². The van der Waals surface area contributed by atoms with Crippen molar-refractivity contribution in [2.24, 2.45) is 0 Å². The van der Waals surface area contributed by atoms with Gasteiger partial charge in [0.1, 0.15) is 0 Å². The van der Waals surface area contributed by atoms with E-state index < -0.39 is 0 Å². The molecule has 1 aliphatic rings. The summed E-state index contributed by atoms with van der Waals surface area (Å²) in [5, 5.41) is 0. The van der Waals surface area contributed by atoms with Crippen LogP contribution in [0.1, 0.15) is 11.3 Å². The minimum atomic E-state index is 1.06. The zero-order valence-electron chi connectivity index (χ0n) is 12.0. The van der Waals surface area contributed by atoms with E-state index in [0.717, 1.165) is 39.1 Å². The van der Waals surface area contributed by atoms with E-state index in [2.05, 4.69) is 51.0 Å². The maximum absolute atomic E-state index is 4.06. The number of anilines is 1. The van der Waals surface area contributed by atoms with Gasteiger partial charge in [0.15, 0.2) is 0 Å². The molecule has 1 fully saturated rings. The molecule has 0 spiro atoms. The number of aromatic amines is 1. The van der Waals surface area contributed by atoms with Crippen LogP contribution in [-0.2, 0) is 6.42 Å². The third kappa shape index (κ3) is 3.20. The van der Waals surface area contributed by atoms with Crippen LogP contribution in [-0.4, -0.2) is 47.6 Å². The summed E-state index contributed by atoms with van der Waals surface area (Å²) in [7, 11) is 0. The summed E-state index contributed by atoms with van der Waals surface area (Å²) in [5.74, 6) is 0. The van der Waals surface area contributed by atoms with Gasteiger partial charge >= 0.3 is 0 Å². The molecular formula is C16H22N4. The van der Waals surface area contributed by atoms with Crippen LogP contribution in [0, 0.1) is 6.92 Å². The van der Waals surface area contributed by atoms with Crippen LogP contribution >= 0.6 is 0 Å². The Labute approximate surface area is 120 Å². The molecule has 2 aromatic rings. The first-order valence-electron chi connectivity index (χ1n) is 7.32. The van der Waals surface area contributed by atoms with E-state index in [9.17, 15) is 0 Å². The van der Waals surface area contributed by atoms with Crippen molar-refractivity contribution in [1.29, 1.82) is 0 Å². The van der Waals surface area contributed by atoms with Gasteiger partial charge in [-0.3, -0.25) is 4.90 Å². The average Bonchev–Trinajstić information content (AvgIpc) is 2.99. The second-order valence-corrected chi connectivity index (χ2v) is 5.49. The van der Waals surface area contributed by atoms with Gasteiger partial charge in [-0.25, -0.2) is 4.98 Å². The molecule has 0 atom stereocenters. The van der Waals surface area contributed by atoms with Gasteiger partial charge in [-0.1, -0.05) is 12.1 Å². The van der Waals surface area contributed by atoms with Crippen LogP contribution in [0.25, 0.3) is 0 Å². The molecule has 0 aliphatic carbocycles. The maximum Gasteiger partial charge on any atom is 0.0921 e. The van der Waals surface area contributed by atoms with Gasteiger partial charge in [-0.2, -0.15) is 0 Å². The maximum atomic E-state index is 4.06. The summed E-state index contributed by atoms with van der Waals surface area (Å²) in [6.45, 7) is 7.79. The largest absolute Gasteiger partial charge is 0.369 e. The van der Waals surface area contributed by atoms with Gasteiger partial charge in [0.25, 0.3) is 0 Å². The normalized spacial score (nSPS) is 16.6. The van der Waals surface area contributed by atoms with Gasteiger partial charge in [0.2, 0.25) is 0 Å². The second kappa shape index (κ2) is 6.09. The van der Waals surface area contributed by atoms with E-state index in [0.29, 0.717) is 0 Å². The molecule has 1 N–H and O–H groups in total. The number of hydrogen-bond donors (Lipinski definition) is 1. The molecule has 3 rings (SSSR count). The lowest BCUT2D eigenvalue weighted by Crippen LogP contribution is -2.47. The molecule has 20 heavy (non-hydrogen) atoms. The Kier molecular flexibility index (Phi) is 4.02. The highest BCUT2D eigenvalue weighted by molar-refractivity contribution is 5.48. The van der Waals surface area contributed by atoms with Crippen LogP contribution in [0.15, 0.2) is 36.8 Å². The highest BCUT2D eigenvalue weighted by Gasteiger charge is 2.16. The summed E-state index contributed by atoms with van der Waals surface area (Å²) >= 11 is 0. The number of aryl methyl sites for hydroxylation is 1. The number of benzene rings is 1. The molecule has 4 nitrogen and oxygen atoms in total. The molecule has 1 aromatic heterocycles. The molecule has 0 saturated carbocycles. The highest BCUT2D eigenvalue weighted by Crippen LogP contribution is 2.17. The molecule has 0 amide bonds. The smallest absolute Gasteiger partial charge is 0.0921 e. The quantitative estimate of drug-likeness (QED) is 0.924. The van der Waals surface area contributed by atoms with Gasteiger partial charge in [-0.15, -0.1) is 0 Å². The van der Waals surface area contributed by atoms with E-state index in [1.807, 2.05) is 6.20 Å². The summed E-state index contributed by atoms with van der Waals surface area (Å²) in [5.41, 5.74) is 3.92. The first-order valence-corrected chi connectivity index (χ1v) is 7.32. The van der Waals surface area contributed by atoms with Crippen molar-refractivity contribution in [2.75, 3.05) is 37.6 Å². The minimum absolute atomic E-state index is 1.06. The fourth-order valence-electron chi connectivity index (χ4n) is 2.75. The molecule has 0 bridgehead atoms. The second-order valence-electron chi connectivity index (χ2n) is 5.49. The topological polar surface area (TPSA) is 35.2 Å².